The van der Waals surface area contributed by atoms with E-state index in [9.17, 15) is 31.1 Å². The predicted molar refractivity (Wildman–Crippen MR) is 102 cm³/mol. The number of anilines is 2. The number of nitrogens with zero attached hydrogens (tertiary/aromatic N) is 1. The number of nitrogens with one attached hydrogen (secondary N) is 1. The quantitative estimate of drug-likeness (QED) is 0.533. The van der Waals surface area contributed by atoms with Crippen molar-refractivity contribution in [3.8, 4) is 0 Å². The Hall–Kier alpha value is -2.42. The maximum atomic E-state index is 13.1. The van der Waals surface area contributed by atoms with Gasteiger partial charge in [0.1, 0.15) is 0 Å². The van der Waals surface area contributed by atoms with Crippen molar-refractivity contribution < 1.29 is 31.1 Å². The van der Waals surface area contributed by atoms with E-state index < -0.39 is 35.0 Å². The van der Waals surface area contributed by atoms with Crippen LogP contribution in [0.3, 0.4) is 0 Å². The van der Waals surface area contributed by atoms with Gasteiger partial charge < -0.3 is 10.2 Å². The minimum absolute atomic E-state index is 0.0185. The fourth-order valence-corrected chi connectivity index (χ4v) is 3.47. The minimum Gasteiger partial charge on any atom is -0.370 e. The molecule has 1 saturated heterocycles. The molecule has 0 bridgehead atoms. The highest BCUT2D eigenvalue weighted by Gasteiger charge is 2.37. The molecule has 0 aliphatic carbocycles. The third-order valence-electron chi connectivity index (χ3n) is 4.75. The van der Waals surface area contributed by atoms with E-state index in [4.69, 9.17) is 11.6 Å². The monoisotopic (exact) mass is 450 g/mol. The fourth-order valence-electron chi connectivity index (χ4n) is 3.30. The maximum Gasteiger partial charge on any atom is 0.416 e. The van der Waals surface area contributed by atoms with E-state index in [0.29, 0.717) is 30.9 Å². The zero-order chi connectivity index (χ0) is 22.1. The topological polar surface area (TPSA) is 32.3 Å². The van der Waals surface area contributed by atoms with Gasteiger partial charge >= 0.3 is 12.4 Å². The van der Waals surface area contributed by atoms with Crippen LogP contribution in [0.2, 0.25) is 5.02 Å². The zero-order valence-electron chi connectivity index (χ0n) is 15.5. The molecule has 2 aromatic carbocycles. The second-order valence-corrected chi connectivity index (χ2v) is 7.39. The van der Waals surface area contributed by atoms with E-state index in [1.54, 1.807) is 12.1 Å². The molecule has 0 atom stereocenters. The summed E-state index contributed by atoms with van der Waals surface area (Å²) in [6.07, 6.45) is -7.16. The van der Waals surface area contributed by atoms with Gasteiger partial charge in [-0.1, -0.05) is 11.6 Å². The van der Waals surface area contributed by atoms with Crippen LogP contribution in [0.4, 0.5) is 37.7 Å². The van der Waals surface area contributed by atoms with Gasteiger partial charge in [-0.15, -0.1) is 0 Å². The summed E-state index contributed by atoms with van der Waals surface area (Å²) < 4.78 is 78.4. The van der Waals surface area contributed by atoms with Crippen LogP contribution in [0, 0.1) is 0 Å². The smallest absolute Gasteiger partial charge is 0.370 e. The summed E-state index contributed by atoms with van der Waals surface area (Å²) in [6, 6.07) is 5.46. The van der Waals surface area contributed by atoms with Crippen LogP contribution < -0.4 is 10.2 Å². The lowest BCUT2D eigenvalue weighted by Gasteiger charge is -2.30. The van der Waals surface area contributed by atoms with Crippen LogP contribution >= 0.6 is 11.6 Å². The molecule has 1 heterocycles. The highest BCUT2D eigenvalue weighted by molar-refractivity contribution is 6.31. The number of rotatable bonds is 3. The van der Waals surface area contributed by atoms with E-state index in [1.807, 2.05) is 4.90 Å². The Morgan fingerprint density at radius 1 is 0.867 bits per heavy atom. The van der Waals surface area contributed by atoms with Gasteiger partial charge in [0, 0.05) is 23.7 Å². The normalized spacial score (nSPS) is 15.2. The number of halogens is 7. The summed E-state index contributed by atoms with van der Waals surface area (Å²) in [5, 5.41) is 2.69. The first-order valence-corrected chi connectivity index (χ1v) is 9.48. The van der Waals surface area contributed by atoms with Gasteiger partial charge in [-0.25, -0.2) is 0 Å². The van der Waals surface area contributed by atoms with E-state index in [-0.39, 0.29) is 16.8 Å². The largest absolute Gasteiger partial charge is 0.416 e. The third kappa shape index (κ3) is 5.19. The molecule has 10 heteroatoms. The molecule has 0 saturated carbocycles. The molecule has 2 aromatic rings. The molecule has 0 spiro atoms. The van der Waals surface area contributed by atoms with Crippen molar-refractivity contribution in [1.29, 1.82) is 0 Å². The highest BCUT2D eigenvalue weighted by atomic mass is 35.5. The Labute approximate surface area is 173 Å². The summed E-state index contributed by atoms with van der Waals surface area (Å²) in [5.74, 6) is -1.09. The predicted octanol–water partition coefficient (Wildman–Crippen LogP) is 6.62. The number of carbonyl (C=O) groups is 1. The van der Waals surface area contributed by atoms with E-state index >= 15 is 0 Å². The van der Waals surface area contributed by atoms with E-state index in [2.05, 4.69) is 5.32 Å². The van der Waals surface area contributed by atoms with Gasteiger partial charge in [0.25, 0.3) is 5.91 Å². The Kier molecular flexibility index (Phi) is 6.21. The molecule has 0 unspecified atom stereocenters. The maximum absolute atomic E-state index is 13.1. The van der Waals surface area contributed by atoms with Crippen LogP contribution in [0.1, 0.15) is 40.7 Å². The van der Waals surface area contributed by atoms with Crippen LogP contribution in [-0.4, -0.2) is 19.0 Å². The summed E-state index contributed by atoms with van der Waals surface area (Å²) >= 11 is 5.99. The number of piperidine rings is 1. The second kappa shape index (κ2) is 8.37. The summed E-state index contributed by atoms with van der Waals surface area (Å²) in [4.78, 5) is 14.6. The highest BCUT2D eigenvalue weighted by Crippen LogP contribution is 2.37. The van der Waals surface area contributed by atoms with Crippen LogP contribution in [-0.2, 0) is 12.4 Å². The van der Waals surface area contributed by atoms with Crippen molar-refractivity contribution >= 4 is 28.9 Å². The molecule has 3 nitrogen and oxygen atoms in total. The zero-order valence-corrected chi connectivity index (χ0v) is 16.3. The average Bonchev–Trinajstić information content (AvgIpc) is 2.67. The molecular weight excluding hydrogens is 434 g/mol. The Morgan fingerprint density at radius 3 is 1.97 bits per heavy atom. The van der Waals surface area contributed by atoms with Gasteiger partial charge in [0.2, 0.25) is 0 Å². The second-order valence-electron chi connectivity index (χ2n) is 6.96. The lowest BCUT2D eigenvalue weighted by molar-refractivity contribution is -0.143. The molecule has 0 aromatic heterocycles. The molecule has 3 rings (SSSR count). The van der Waals surface area contributed by atoms with Gasteiger partial charge in [0.05, 0.1) is 22.5 Å². The van der Waals surface area contributed by atoms with Gasteiger partial charge in [-0.05, 0) is 55.7 Å². The van der Waals surface area contributed by atoms with Gasteiger partial charge in [0.15, 0.2) is 0 Å². The molecule has 1 aliphatic rings. The summed E-state index contributed by atoms with van der Waals surface area (Å²) in [7, 11) is 0. The number of amides is 1. The molecule has 30 heavy (non-hydrogen) atoms. The standard InChI is InChI=1S/C20H17ClF6N2O/c21-15-4-5-17(29-6-2-1-3-7-29)16(11-15)28-18(30)12-8-13(19(22,23)24)10-14(9-12)20(25,26)27/h4-5,8-11H,1-3,6-7H2,(H,28,30). The minimum atomic E-state index is -5.04. The number of hydrogen-bond acceptors (Lipinski definition) is 2. The van der Waals surface area contributed by atoms with Crippen molar-refractivity contribution in [3.63, 3.8) is 0 Å². The summed E-state index contributed by atoms with van der Waals surface area (Å²) in [5.41, 5.74) is -3.02. The van der Waals surface area contributed by atoms with Crippen molar-refractivity contribution in [2.75, 3.05) is 23.3 Å². The SMILES string of the molecule is O=C(Nc1cc(Cl)ccc1N1CCCCC1)c1cc(C(F)(F)F)cc(C(F)(F)F)c1. The van der Waals surface area contributed by atoms with Crippen LogP contribution in [0.5, 0.6) is 0 Å². The Bertz CT molecular complexity index is 904. The van der Waals surface area contributed by atoms with E-state index in [1.165, 1.54) is 6.07 Å². The van der Waals surface area contributed by atoms with Crippen molar-refractivity contribution in [1.82, 2.24) is 0 Å². The van der Waals surface area contributed by atoms with Crippen molar-refractivity contribution in [3.05, 3.63) is 58.1 Å². The Morgan fingerprint density at radius 2 is 1.43 bits per heavy atom. The first kappa shape index (κ1) is 22.3. The number of benzene rings is 2. The molecule has 1 amide bonds. The van der Waals surface area contributed by atoms with Gasteiger partial charge in [-0.3, -0.25) is 4.79 Å². The first-order chi connectivity index (χ1) is 13.9. The first-order valence-electron chi connectivity index (χ1n) is 9.10. The van der Waals surface area contributed by atoms with Crippen LogP contribution in [0.15, 0.2) is 36.4 Å². The molecule has 0 radical (unpaired) electrons. The third-order valence-corrected chi connectivity index (χ3v) is 4.99. The van der Waals surface area contributed by atoms with Crippen molar-refractivity contribution in [2.45, 2.75) is 31.6 Å². The number of alkyl halides is 6. The molecule has 162 valence electrons. The number of hydrogen-bond donors (Lipinski definition) is 1. The molecular formula is C20H17ClF6N2O. The summed E-state index contributed by atoms with van der Waals surface area (Å²) in [6.45, 7) is 1.43. The molecule has 1 aliphatic heterocycles. The van der Waals surface area contributed by atoms with Gasteiger partial charge in [-0.2, -0.15) is 26.3 Å². The van der Waals surface area contributed by atoms with Crippen molar-refractivity contribution in [2.24, 2.45) is 0 Å². The number of carbonyl (C=O) groups excluding carboxylic acids is 1. The van der Waals surface area contributed by atoms with E-state index in [0.717, 1.165) is 19.3 Å². The molecule has 1 fully saturated rings. The average molecular weight is 451 g/mol. The Balaban J connectivity index is 1.97. The fraction of sp³-hybridized carbons (Fsp3) is 0.350. The lowest BCUT2D eigenvalue weighted by atomic mass is 10.0. The van der Waals surface area contributed by atoms with Crippen LogP contribution in [0.25, 0.3) is 0 Å². The molecule has 1 N–H and O–H groups in total. The lowest BCUT2D eigenvalue weighted by Crippen LogP contribution is -2.30.